The van der Waals surface area contributed by atoms with Gasteiger partial charge in [0.15, 0.2) is 0 Å². The fraction of sp³-hybridized carbons (Fsp3) is 0.562. The summed E-state index contributed by atoms with van der Waals surface area (Å²) in [4.78, 5) is 14.1. The van der Waals surface area contributed by atoms with Crippen LogP contribution in [0.1, 0.15) is 44.7 Å². The Morgan fingerprint density at radius 2 is 2.15 bits per heavy atom. The van der Waals surface area contributed by atoms with Crippen LogP contribution in [-0.2, 0) is 11.2 Å². The first-order valence-electron chi connectivity index (χ1n) is 7.16. The van der Waals surface area contributed by atoms with Crippen molar-refractivity contribution in [3.8, 4) is 0 Å². The van der Waals surface area contributed by atoms with E-state index in [0.29, 0.717) is 13.1 Å². The van der Waals surface area contributed by atoms with Crippen molar-refractivity contribution in [1.29, 1.82) is 0 Å². The first kappa shape index (κ1) is 14.9. The lowest BCUT2D eigenvalue weighted by molar-refractivity contribution is 0.0583. The zero-order chi connectivity index (χ0) is 14.9. The summed E-state index contributed by atoms with van der Waals surface area (Å²) in [5.41, 5.74) is 8.64. The number of hydrogen-bond donors (Lipinski definition) is 1. The Labute approximate surface area is 120 Å². The minimum Gasteiger partial charge on any atom is -0.443 e. The van der Waals surface area contributed by atoms with E-state index in [0.717, 1.165) is 17.7 Å². The number of benzene rings is 1. The standard InChI is InChI=1S/C16H24N2O2/c1-11(10-17)13-7-5-6-12-8-9-18(14(12)13)15(19)20-16(2,3)4/h5-7,11H,8-10,17H2,1-4H3. The van der Waals surface area contributed by atoms with Crippen LogP contribution in [0.3, 0.4) is 0 Å². The predicted octanol–water partition coefficient (Wildman–Crippen LogP) is 3.05. The van der Waals surface area contributed by atoms with E-state index in [1.165, 1.54) is 5.56 Å². The Bertz CT molecular complexity index is 506. The van der Waals surface area contributed by atoms with Gasteiger partial charge in [-0.1, -0.05) is 25.1 Å². The average molecular weight is 276 g/mol. The van der Waals surface area contributed by atoms with Crippen LogP contribution in [0.2, 0.25) is 0 Å². The Morgan fingerprint density at radius 1 is 1.45 bits per heavy atom. The fourth-order valence-electron chi connectivity index (χ4n) is 2.51. The molecule has 2 rings (SSSR count). The van der Waals surface area contributed by atoms with E-state index in [1.54, 1.807) is 4.90 Å². The number of fused-ring (bicyclic) bond motifs is 1. The van der Waals surface area contributed by atoms with Crippen LogP contribution in [0, 0.1) is 0 Å². The fourth-order valence-corrected chi connectivity index (χ4v) is 2.51. The monoisotopic (exact) mass is 276 g/mol. The Morgan fingerprint density at radius 3 is 2.75 bits per heavy atom. The van der Waals surface area contributed by atoms with Gasteiger partial charge in [0.1, 0.15) is 5.60 Å². The van der Waals surface area contributed by atoms with Crippen molar-refractivity contribution in [1.82, 2.24) is 0 Å². The molecule has 1 aliphatic rings. The maximum atomic E-state index is 12.4. The Balaban J connectivity index is 2.34. The summed E-state index contributed by atoms with van der Waals surface area (Å²) in [6.07, 6.45) is 0.604. The van der Waals surface area contributed by atoms with Crippen molar-refractivity contribution in [2.75, 3.05) is 18.0 Å². The van der Waals surface area contributed by atoms with Crippen LogP contribution >= 0.6 is 0 Å². The lowest BCUT2D eigenvalue weighted by Gasteiger charge is -2.27. The summed E-state index contributed by atoms with van der Waals surface area (Å²) in [7, 11) is 0. The lowest BCUT2D eigenvalue weighted by Crippen LogP contribution is -2.36. The van der Waals surface area contributed by atoms with Crippen molar-refractivity contribution in [3.63, 3.8) is 0 Å². The molecule has 0 radical (unpaired) electrons. The summed E-state index contributed by atoms with van der Waals surface area (Å²) in [6, 6.07) is 6.17. The molecule has 0 aliphatic carbocycles. The number of carbonyl (C=O) groups excluding carboxylic acids is 1. The summed E-state index contributed by atoms with van der Waals surface area (Å²) < 4.78 is 5.50. The van der Waals surface area contributed by atoms with Crippen molar-refractivity contribution in [2.45, 2.75) is 45.6 Å². The Kier molecular flexibility index (Phi) is 4.04. The highest BCUT2D eigenvalue weighted by Crippen LogP contribution is 2.36. The van der Waals surface area contributed by atoms with E-state index in [9.17, 15) is 4.79 Å². The maximum absolute atomic E-state index is 12.4. The largest absolute Gasteiger partial charge is 0.443 e. The molecule has 1 amide bonds. The number of rotatable bonds is 2. The van der Waals surface area contributed by atoms with E-state index < -0.39 is 5.60 Å². The second kappa shape index (κ2) is 5.44. The number of amides is 1. The minimum atomic E-state index is -0.478. The summed E-state index contributed by atoms with van der Waals surface area (Å²) in [6.45, 7) is 8.99. The third kappa shape index (κ3) is 2.96. The van der Waals surface area contributed by atoms with Crippen LogP contribution in [0.25, 0.3) is 0 Å². The van der Waals surface area contributed by atoms with E-state index in [-0.39, 0.29) is 12.0 Å². The molecule has 1 aromatic carbocycles. The number of carbonyl (C=O) groups is 1. The predicted molar refractivity (Wildman–Crippen MR) is 81.2 cm³/mol. The molecule has 1 unspecified atom stereocenters. The lowest BCUT2D eigenvalue weighted by atomic mass is 9.96. The highest BCUT2D eigenvalue weighted by atomic mass is 16.6. The molecule has 1 atom stereocenters. The van der Waals surface area contributed by atoms with Gasteiger partial charge in [0.2, 0.25) is 0 Å². The van der Waals surface area contributed by atoms with Gasteiger partial charge in [-0.25, -0.2) is 4.79 Å². The summed E-state index contributed by atoms with van der Waals surface area (Å²) in [5, 5.41) is 0. The summed E-state index contributed by atoms with van der Waals surface area (Å²) >= 11 is 0. The molecule has 2 N–H and O–H groups in total. The zero-order valence-corrected chi connectivity index (χ0v) is 12.8. The average Bonchev–Trinajstić information content (AvgIpc) is 2.79. The second-order valence-electron chi connectivity index (χ2n) is 6.37. The number of nitrogens with zero attached hydrogens (tertiary/aromatic N) is 1. The van der Waals surface area contributed by atoms with Gasteiger partial charge in [0.05, 0.1) is 5.69 Å². The van der Waals surface area contributed by atoms with Gasteiger partial charge >= 0.3 is 6.09 Å². The molecule has 110 valence electrons. The van der Waals surface area contributed by atoms with Gasteiger partial charge in [-0.15, -0.1) is 0 Å². The number of hydrogen-bond acceptors (Lipinski definition) is 3. The molecular weight excluding hydrogens is 252 g/mol. The molecule has 0 bridgehead atoms. The van der Waals surface area contributed by atoms with Crippen LogP contribution < -0.4 is 10.6 Å². The van der Waals surface area contributed by atoms with Crippen molar-refractivity contribution in [3.05, 3.63) is 29.3 Å². The smallest absolute Gasteiger partial charge is 0.414 e. The van der Waals surface area contributed by atoms with Crippen molar-refractivity contribution >= 4 is 11.8 Å². The van der Waals surface area contributed by atoms with Crippen molar-refractivity contribution in [2.24, 2.45) is 5.73 Å². The maximum Gasteiger partial charge on any atom is 0.414 e. The van der Waals surface area contributed by atoms with Crippen LogP contribution in [0.15, 0.2) is 18.2 Å². The normalized spacial score (nSPS) is 15.9. The molecule has 0 saturated carbocycles. The molecule has 1 aromatic rings. The van der Waals surface area contributed by atoms with E-state index >= 15 is 0 Å². The van der Waals surface area contributed by atoms with Crippen LogP contribution in [-0.4, -0.2) is 24.8 Å². The number of anilines is 1. The molecule has 20 heavy (non-hydrogen) atoms. The summed E-state index contributed by atoms with van der Waals surface area (Å²) in [5.74, 6) is 0.230. The molecule has 0 saturated heterocycles. The SMILES string of the molecule is CC(CN)c1cccc2c1N(C(=O)OC(C)(C)C)CC2. The molecule has 0 aromatic heterocycles. The molecule has 4 heteroatoms. The minimum absolute atomic E-state index is 0.230. The quantitative estimate of drug-likeness (QED) is 0.903. The number of para-hydroxylation sites is 1. The van der Waals surface area contributed by atoms with Crippen LogP contribution in [0.5, 0.6) is 0 Å². The first-order chi connectivity index (χ1) is 9.33. The molecule has 4 nitrogen and oxygen atoms in total. The molecular formula is C16H24N2O2. The van der Waals surface area contributed by atoms with Gasteiger partial charge in [-0.05, 0) is 50.8 Å². The first-order valence-corrected chi connectivity index (χ1v) is 7.16. The molecule has 0 fully saturated rings. The van der Waals surface area contributed by atoms with Gasteiger partial charge in [-0.2, -0.15) is 0 Å². The van der Waals surface area contributed by atoms with Crippen molar-refractivity contribution < 1.29 is 9.53 Å². The van der Waals surface area contributed by atoms with Crippen LogP contribution in [0.4, 0.5) is 10.5 Å². The number of nitrogens with two attached hydrogens (primary N) is 1. The Hall–Kier alpha value is -1.55. The van der Waals surface area contributed by atoms with Gasteiger partial charge in [-0.3, -0.25) is 4.90 Å². The topological polar surface area (TPSA) is 55.6 Å². The molecule has 1 heterocycles. The second-order valence-corrected chi connectivity index (χ2v) is 6.37. The third-order valence-electron chi connectivity index (χ3n) is 3.52. The number of ether oxygens (including phenoxy) is 1. The highest BCUT2D eigenvalue weighted by molar-refractivity contribution is 5.92. The third-order valence-corrected chi connectivity index (χ3v) is 3.52. The highest BCUT2D eigenvalue weighted by Gasteiger charge is 2.31. The van der Waals surface area contributed by atoms with Gasteiger partial charge in [0, 0.05) is 6.54 Å². The molecule has 1 aliphatic heterocycles. The molecule has 0 spiro atoms. The van der Waals surface area contributed by atoms with Gasteiger partial charge < -0.3 is 10.5 Å². The van der Waals surface area contributed by atoms with E-state index in [2.05, 4.69) is 19.1 Å². The van der Waals surface area contributed by atoms with E-state index in [1.807, 2.05) is 26.8 Å². The zero-order valence-electron chi connectivity index (χ0n) is 12.8. The van der Waals surface area contributed by atoms with E-state index in [4.69, 9.17) is 10.5 Å². The van der Waals surface area contributed by atoms with Gasteiger partial charge in [0.25, 0.3) is 0 Å².